The van der Waals surface area contributed by atoms with E-state index < -0.39 is 0 Å². The molecule has 0 bridgehead atoms. The van der Waals surface area contributed by atoms with Gasteiger partial charge in [0.15, 0.2) is 0 Å². The first kappa shape index (κ1) is 15.7. The summed E-state index contributed by atoms with van der Waals surface area (Å²) in [5.74, 6) is 1.44. The first-order chi connectivity index (χ1) is 10.2. The van der Waals surface area contributed by atoms with Crippen molar-refractivity contribution in [1.29, 1.82) is 0 Å². The Balaban J connectivity index is 2.22. The van der Waals surface area contributed by atoms with Crippen molar-refractivity contribution in [3.8, 4) is 11.4 Å². The van der Waals surface area contributed by atoms with Gasteiger partial charge in [-0.05, 0) is 25.5 Å². The van der Waals surface area contributed by atoms with E-state index >= 15 is 0 Å². The van der Waals surface area contributed by atoms with Gasteiger partial charge in [0, 0.05) is 32.5 Å². The van der Waals surface area contributed by atoms with Gasteiger partial charge in [0.05, 0.1) is 23.5 Å². The van der Waals surface area contributed by atoms with Gasteiger partial charge in [0.2, 0.25) is 5.95 Å². The Kier molecular flexibility index (Phi) is 5.47. The third kappa shape index (κ3) is 3.89. The van der Waals surface area contributed by atoms with E-state index in [-0.39, 0.29) is 0 Å². The maximum absolute atomic E-state index is 6.07. The van der Waals surface area contributed by atoms with E-state index in [4.69, 9.17) is 21.1 Å². The number of aryl methyl sites for hydroxylation is 1. The molecule has 0 amide bonds. The molecule has 0 unspecified atom stereocenters. The minimum atomic E-state index is 0.590. The van der Waals surface area contributed by atoms with Crippen molar-refractivity contribution in [2.24, 2.45) is 0 Å². The molecule has 0 aliphatic heterocycles. The van der Waals surface area contributed by atoms with Crippen LogP contribution in [-0.4, -0.2) is 36.9 Å². The molecule has 6 heteroatoms. The van der Waals surface area contributed by atoms with Gasteiger partial charge in [-0.2, -0.15) is 0 Å². The van der Waals surface area contributed by atoms with Crippen LogP contribution in [0.2, 0.25) is 5.02 Å². The molecule has 0 aliphatic rings. The van der Waals surface area contributed by atoms with Crippen molar-refractivity contribution in [3.05, 3.63) is 35.1 Å². The number of nitrogens with zero attached hydrogens (tertiary/aromatic N) is 2. The van der Waals surface area contributed by atoms with Crippen molar-refractivity contribution in [1.82, 2.24) is 9.55 Å². The Morgan fingerprint density at radius 2 is 2.14 bits per heavy atom. The van der Waals surface area contributed by atoms with Crippen LogP contribution in [0.3, 0.4) is 0 Å². The van der Waals surface area contributed by atoms with Gasteiger partial charge in [0.25, 0.3) is 0 Å². The van der Waals surface area contributed by atoms with Crippen LogP contribution in [0.5, 0.6) is 5.75 Å². The molecular formula is C15H20ClN3O2. The topological polar surface area (TPSA) is 48.3 Å². The summed E-state index contributed by atoms with van der Waals surface area (Å²) in [6.07, 6.45) is 2.90. The van der Waals surface area contributed by atoms with Crippen molar-refractivity contribution in [2.75, 3.05) is 32.7 Å². The molecule has 1 aromatic heterocycles. The molecule has 5 nitrogen and oxygen atoms in total. The number of hydrogen-bond donors (Lipinski definition) is 1. The zero-order chi connectivity index (χ0) is 15.2. The zero-order valence-electron chi connectivity index (χ0n) is 12.5. The van der Waals surface area contributed by atoms with Gasteiger partial charge in [-0.25, -0.2) is 4.98 Å². The van der Waals surface area contributed by atoms with E-state index in [0.717, 1.165) is 36.9 Å². The molecular weight excluding hydrogens is 290 g/mol. The molecule has 2 aromatic rings. The van der Waals surface area contributed by atoms with Crippen molar-refractivity contribution in [3.63, 3.8) is 0 Å². The second-order valence-electron chi connectivity index (χ2n) is 4.67. The lowest BCUT2D eigenvalue weighted by molar-refractivity contribution is 0.197. The van der Waals surface area contributed by atoms with E-state index in [0.29, 0.717) is 10.8 Å². The van der Waals surface area contributed by atoms with E-state index in [2.05, 4.69) is 10.3 Å². The Morgan fingerprint density at radius 3 is 2.86 bits per heavy atom. The number of nitrogens with one attached hydrogen (secondary N) is 1. The Bertz CT molecular complexity index is 599. The van der Waals surface area contributed by atoms with E-state index in [9.17, 15) is 0 Å². The minimum absolute atomic E-state index is 0.590. The molecule has 1 aromatic carbocycles. The molecule has 2 rings (SSSR count). The minimum Gasteiger partial charge on any atom is -0.495 e. The number of benzene rings is 1. The fourth-order valence-corrected chi connectivity index (χ4v) is 2.23. The van der Waals surface area contributed by atoms with Crippen LogP contribution >= 0.6 is 11.6 Å². The molecule has 0 atom stereocenters. The summed E-state index contributed by atoms with van der Waals surface area (Å²) in [6.45, 7) is 3.49. The SMILES string of the molecule is COCCCNc1nc(C)cn1-c1ccc(Cl)c(OC)c1. The number of anilines is 1. The predicted molar refractivity (Wildman–Crippen MR) is 84.8 cm³/mol. The first-order valence-corrected chi connectivity index (χ1v) is 7.16. The smallest absolute Gasteiger partial charge is 0.207 e. The molecule has 0 spiro atoms. The van der Waals surface area contributed by atoms with Crippen molar-refractivity contribution < 1.29 is 9.47 Å². The van der Waals surface area contributed by atoms with Crippen LogP contribution in [0.1, 0.15) is 12.1 Å². The molecule has 21 heavy (non-hydrogen) atoms. The first-order valence-electron chi connectivity index (χ1n) is 6.78. The van der Waals surface area contributed by atoms with Crippen LogP contribution in [0.15, 0.2) is 24.4 Å². The monoisotopic (exact) mass is 309 g/mol. The lowest BCUT2D eigenvalue weighted by atomic mass is 10.3. The summed E-state index contributed by atoms with van der Waals surface area (Å²) < 4.78 is 12.3. The molecule has 0 aliphatic carbocycles. The highest BCUT2D eigenvalue weighted by Gasteiger charge is 2.09. The van der Waals surface area contributed by atoms with Gasteiger partial charge >= 0.3 is 0 Å². The summed E-state index contributed by atoms with van der Waals surface area (Å²) >= 11 is 6.07. The highest BCUT2D eigenvalue weighted by molar-refractivity contribution is 6.32. The highest BCUT2D eigenvalue weighted by atomic mass is 35.5. The largest absolute Gasteiger partial charge is 0.495 e. The summed E-state index contributed by atoms with van der Waals surface area (Å²) in [5.41, 5.74) is 1.89. The average molecular weight is 310 g/mol. The molecule has 0 fully saturated rings. The molecule has 0 radical (unpaired) electrons. The normalized spacial score (nSPS) is 10.7. The predicted octanol–water partition coefficient (Wildman–Crippen LogP) is 3.29. The zero-order valence-corrected chi connectivity index (χ0v) is 13.3. The Labute approximate surface area is 129 Å². The third-order valence-corrected chi connectivity index (χ3v) is 3.36. The summed E-state index contributed by atoms with van der Waals surface area (Å²) in [4.78, 5) is 4.50. The molecule has 114 valence electrons. The van der Waals surface area contributed by atoms with Crippen LogP contribution in [0.4, 0.5) is 5.95 Å². The molecule has 0 saturated heterocycles. The van der Waals surface area contributed by atoms with Crippen molar-refractivity contribution >= 4 is 17.5 Å². The third-order valence-electron chi connectivity index (χ3n) is 3.05. The summed E-state index contributed by atoms with van der Waals surface area (Å²) in [5, 5.41) is 3.91. The molecule has 1 N–H and O–H groups in total. The second kappa shape index (κ2) is 7.33. The van der Waals surface area contributed by atoms with Gasteiger partial charge in [-0.1, -0.05) is 11.6 Å². The van der Waals surface area contributed by atoms with Crippen LogP contribution in [-0.2, 0) is 4.74 Å². The maximum Gasteiger partial charge on any atom is 0.207 e. The van der Waals surface area contributed by atoms with E-state index in [1.54, 1.807) is 14.2 Å². The Hall–Kier alpha value is -1.72. The highest BCUT2D eigenvalue weighted by Crippen LogP contribution is 2.28. The number of hydrogen-bond acceptors (Lipinski definition) is 4. The quantitative estimate of drug-likeness (QED) is 0.797. The average Bonchev–Trinajstić information content (AvgIpc) is 2.85. The lowest BCUT2D eigenvalue weighted by Crippen LogP contribution is -2.09. The fourth-order valence-electron chi connectivity index (χ4n) is 2.03. The second-order valence-corrected chi connectivity index (χ2v) is 5.08. The lowest BCUT2D eigenvalue weighted by Gasteiger charge is -2.11. The van der Waals surface area contributed by atoms with Gasteiger partial charge in [0.1, 0.15) is 5.75 Å². The van der Waals surface area contributed by atoms with Gasteiger partial charge < -0.3 is 14.8 Å². The van der Waals surface area contributed by atoms with Gasteiger partial charge in [-0.15, -0.1) is 0 Å². The van der Waals surface area contributed by atoms with E-state index in [1.165, 1.54) is 0 Å². The number of aromatic nitrogens is 2. The maximum atomic E-state index is 6.07. The van der Waals surface area contributed by atoms with Gasteiger partial charge in [-0.3, -0.25) is 4.57 Å². The van der Waals surface area contributed by atoms with Crippen LogP contribution in [0, 0.1) is 6.92 Å². The molecule has 0 saturated carbocycles. The number of imidazole rings is 1. The fraction of sp³-hybridized carbons (Fsp3) is 0.400. The number of methoxy groups -OCH3 is 2. The summed E-state index contributed by atoms with van der Waals surface area (Å²) in [7, 11) is 3.30. The number of rotatable bonds is 7. The number of halogens is 1. The van der Waals surface area contributed by atoms with E-state index in [1.807, 2.05) is 35.9 Å². The summed E-state index contributed by atoms with van der Waals surface area (Å²) in [6, 6.07) is 5.65. The Morgan fingerprint density at radius 1 is 1.33 bits per heavy atom. The molecule has 1 heterocycles. The van der Waals surface area contributed by atoms with Crippen LogP contribution < -0.4 is 10.1 Å². The van der Waals surface area contributed by atoms with Crippen LogP contribution in [0.25, 0.3) is 5.69 Å². The number of ether oxygens (including phenoxy) is 2. The standard InChI is InChI=1S/C15H20ClN3O2/c1-11-10-19(15(18-11)17-7-4-8-20-2)12-5-6-13(16)14(9-12)21-3/h5-6,9-10H,4,7-8H2,1-3H3,(H,17,18). The van der Waals surface area contributed by atoms with Crippen molar-refractivity contribution in [2.45, 2.75) is 13.3 Å².